The van der Waals surface area contributed by atoms with E-state index in [0.29, 0.717) is 13.1 Å². The second-order valence-corrected chi connectivity index (χ2v) is 15.8. The van der Waals surface area contributed by atoms with E-state index in [4.69, 9.17) is 4.74 Å². The normalized spacial score (nSPS) is 19.8. The first kappa shape index (κ1) is 35.7. The fraction of sp³-hybridized carbons (Fsp3) is 0.667. The van der Waals surface area contributed by atoms with Crippen molar-refractivity contribution in [3.63, 3.8) is 0 Å². The number of nitrogens with zero attached hydrogens (tertiary/aromatic N) is 6. The fourth-order valence-electron chi connectivity index (χ4n) is 4.94. The molecule has 2 aromatic rings. The molecule has 0 radical (unpaired) electrons. The van der Waals surface area contributed by atoms with Gasteiger partial charge in [-0.25, -0.2) is 4.79 Å². The lowest BCUT2D eigenvalue weighted by molar-refractivity contribution is 0.0138. The molecule has 2 aromatic heterocycles. The average Bonchev–Trinajstić information content (AvgIpc) is 3.93. The first-order chi connectivity index (χ1) is 21.1. The summed E-state index contributed by atoms with van der Waals surface area (Å²) in [5.74, 6) is 2.07. The van der Waals surface area contributed by atoms with Crippen LogP contribution in [0.15, 0.2) is 45.6 Å². The Labute approximate surface area is 289 Å². The van der Waals surface area contributed by atoms with E-state index >= 15 is 0 Å². The van der Waals surface area contributed by atoms with Crippen molar-refractivity contribution in [3.05, 3.63) is 57.0 Å². The molecule has 0 unspecified atom stereocenters. The first-order valence-corrected chi connectivity index (χ1v) is 18.7. The molecule has 0 atom stereocenters. The Bertz CT molecular complexity index is 1120. The highest BCUT2D eigenvalue weighted by Crippen LogP contribution is 2.30. The highest BCUT2D eigenvalue weighted by atomic mass is 79.9. The number of carbonyl (C=O) groups excluding carboxylic acids is 1. The molecule has 44 heavy (non-hydrogen) atoms. The van der Waals surface area contributed by atoms with Crippen molar-refractivity contribution in [2.75, 3.05) is 64.2 Å². The molecule has 8 nitrogen and oxygen atoms in total. The standard InChI is InChI=1S/C15H22BrN3O2.C14H20BrN3.C4H7Br/c1-15(2,3)21-14(20)19-8-6-18(7-9-19)11-13-5-4-12(16)10-17-13;15-13-3-4-14(16-9-13)11-18-7-5-17(6-8-18)10-12-1-2-12;5-3-4-1-2-4/h4-5,10H,6-9,11H2,1-3H3;3-4,9,12H,1-2,5-8,10-11H2;4H,1-3H2. The van der Waals surface area contributed by atoms with Gasteiger partial charge in [-0.1, -0.05) is 15.9 Å². The summed E-state index contributed by atoms with van der Waals surface area (Å²) in [6.45, 7) is 16.7. The summed E-state index contributed by atoms with van der Waals surface area (Å²) in [6.07, 6.45) is 9.33. The Morgan fingerprint density at radius 1 is 0.750 bits per heavy atom. The predicted octanol–water partition coefficient (Wildman–Crippen LogP) is 7.06. The SMILES string of the molecule is BrCC1CC1.Brc1ccc(CN2CCN(CC3CC3)CC2)nc1.CC(C)(C)OC(=O)N1CCN(Cc2ccc(Br)cn2)CC1. The molecule has 4 aliphatic rings. The van der Waals surface area contributed by atoms with Crippen molar-refractivity contribution < 1.29 is 9.53 Å². The van der Waals surface area contributed by atoms with Crippen LogP contribution in [-0.4, -0.2) is 105 Å². The highest BCUT2D eigenvalue weighted by molar-refractivity contribution is 9.10. The van der Waals surface area contributed by atoms with Crippen molar-refractivity contribution in [2.45, 2.75) is 65.1 Å². The lowest BCUT2D eigenvalue weighted by atomic mass is 10.2. The number of piperazine rings is 2. The lowest BCUT2D eigenvalue weighted by Gasteiger charge is -2.35. The van der Waals surface area contributed by atoms with E-state index in [1.165, 1.54) is 69.4 Å². The molecule has 11 heteroatoms. The van der Waals surface area contributed by atoms with Gasteiger partial charge in [0.2, 0.25) is 0 Å². The van der Waals surface area contributed by atoms with E-state index in [-0.39, 0.29) is 6.09 Å². The molecule has 2 aliphatic carbocycles. The van der Waals surface area contributed by atoms with E-state index in [1.807, 2.05) is 45.3 Å². The summed E-state index contributed by atoms with van der Waals surface area (Å²) >= 11 is 10.2. The zero-order valence-corrected chi connectivity index (χ0v) is 31.3. The van der Waals surface area contributed by atoms with Crippen molar-refractivity contribution in [2.24, 2.45) is 11.8 Å². The third kappa shape index (κ3) is 14.1. The number of carbonyl (C=O) groups is 1. The minimum atomic E-state index is -0.435. The van der Waals surface area contributed by atoms with Crippen molar-refractivity contribution in [1.29, 1.82) is 0 Å². The highest BCUT2D eigenvalue weighted by Gasteiger charge is 2.27. The van der Waals surface area contributed by atoms with Crippen molar-refractivity contribution in [3.8, 4) is 0 Å². The van der Waals surface area contributed by atoms with Crippen molar-refractivity contribution in [1.82, 2.24) is 29.6 Å². The first-order valence-electron chi connectivity index (χ1n) is 16.0. The van der Waals surface area contributed by atoms with Crippen LogP contribution in [0.5, 0.6) is 0 Å². The molecule has 2 aliphatic heterocycles. The van der Waals surface area contributed by atoms with Gasteiger partial charge < -0.3 is 14.5 Å². The molecular formula is C33H49Br3N6O2. The second kappa shape index (κ2) is 17.7. The van der Waals surface area contributed by atoms with E-state index in [0.717, 1.165) is 52.7 Å². The number of ether oxygens (including phenoxy) is 1. The lowest BCUT2D eigenvalue weighted by Crippen LogP contribution is -2.49. The Balaban J connectivity index is 0.000000174. The summed E-state index contributed by atoms with van der Waals surface area (Å²) < 4.78 is 7.44. The Kier molecular flexibility index (Phi) is 14.4. The molecule has 0 N–H and O–H groups in total. The van der Waals surface area contributed by atoms with Gasteiger partial charge >= 0.3 is 6.09 Å². The minimum Gasteiger partial charge on any atom is -0.444 e. The maximum absolute atomic E-state index is 12.0. The summed E-state index contributed by atoms with van der Waals surface area (Å²) in [5.41, 5.74) is 1.79. The number of hydrogen-bond acceptors (Lipinski definition) is 7. The van der Waals surface area contributed by atoms with Crippen LogP contribution in [-0.2, 0) is 17.8 Å². The van der Waals surface area contributed by atoms with Crippen LogP contribution in [0.25, 0.3) is 0 Å². The van der Waals surface area contributed by atoms with E-state index in [9.17, 15) is 4.79 Å². The van der Waals surface area contributed by atoms with E-state index < -0.39 is 5.60 Å². The van der Waals surface area contributed by atoms with Gasteiger partial charge in [-0.3, -0.25) is 19.8 Å². The van der Waals surface area contributed by atoms with Gasteiger partial charge in [0.1, 0.15) is 5.60 Å². The number of amides is 1. The molecular weight excluding hydrogens is 752 g/mol. The minimum absolute atomic E-state index is 0.219. The Morgan fingerprint density at radius 2 is 1.20 bits per heavy atom. The summed E-state index contributed by atoms with van der Waals surface area (Å²) in [5, 5.41) is 1.23. The monoisotopic (exact) mass is 798 g/mol. The van der Waals surface area contributed by atoms with E-state index in [1.54, 1.807) is 4.90 Å². The molecule has 2 saturated heterocycles. The van der Waals surface area contributed by atoms with Crippen LogP contribution < -0.4 is 0 Å². The van der Waals surface area contributed by atoms with Crippen LogP contribution in [0, 0.1) is 11.8 Å². The molecule has 0 bridgehead atoms. The Morgan fingerprint density at radius 3 is 1.57 bits per heavy atom. The maximum Gasteiger partial charge on any atom is 0.410 e. The predicted molar refractivity (Wildman–Crippen MR) is 188 cm³/mol. The van der Waals surface area contributed by atoms with Crippen LogP contribution in [0.4, 0.5) is 4.79 Å². The van der Waals surface area contributed by atoms with Crippen LogP contribution >= 0.6 is 47.8 Å². The molecule has 1 amide bonds. The number of aromatic nitrogens is 2. The van der Waals surface area contributed by atoms with Gasteiger partial charge in [0.15, 0.2) is 0 Å². The van der Waals surface area contributed by atoms with Gasteiger partial charge in [0.05, 0.1) is 11.4 Å². The average molecular weight is 802 g/mol. The smallest absolute Gasteiger partial charge is 0.410 e. The zero-order chi connectivity index (χ0) is 31.5. The van der Waals surface area contributed by atoms with Gasteiger partial charge in [-0.05, 0) is 114 Å². The van der Waals surface area contributed by atoms with E-state index in [2.05, 4.69) is 84.6 Å². The number of alkyl halides is 1. The number of hydrogen-bond donors (Lipinski definition) is 0. The third-order valence-corrected chi connectivity index (χ3v) is 9.82. The molecule has 2 saturated carbocycles. The third-order valence-electron chi connectivity index (χ3n) is 7.97. The van der Waals surface area contributed by atoms with Gasteiger partial charge in [-0.15, -0.1) is 0 Å². The van der Waals surface area contributed by atoms with Gasteiger partial charge in [-0.2, -0.15) is 0 Å². The molecule has 6 rings (SSSR count). The molecule has 4 heterocycles. The second-order valence-electron chi connectivity index (χ2n) is 13.3. The largest absolute Gasteiger partial charge is 0.444 e. The fourth-order valence-corrected chi connectivity index (χ4v) is 6.06. The zero-order valence-electron chi connectivity index (χ0n) is 26.6. The van der Waals surface area contributed by atoms with Crippen molar-refractivity contribution >= 4 is 53.9 Å². The number of pyridine rings is 2. The summed E-state index contributed by atoms with van der Waals surface area (Å²) in [4.78, 5) is 30.0. The Hall–Kier alpha value is -1.11. The molecule has 244 valence electrons. The molecule has 0 spiro atoms. The van der Waals surface area contributed by atoms with Gasteiger partial charge in [0.25, 0.3) is 0 Å². The van der Waals surface area contributed by atoms with Gasteiger partial charge in [0, 0.05) is 98.7 Å². The molecule has 0 aromatic carbocycles. The maximum atomic E-state index is 12.0. The topological polar surface area (TPSA) is 65.0 Å². The number of halogens is 3. The number of rotatable bonds is 7. The molecule has 4 fully saturated rings. The summed E-state index contributed by atoms with van der Waals surface area (Å²) in [6, 6.07) is 8.20. The quantitative estimate of drug-likeness (QED) is 0.278. The van der Waals surface area contributed by atoms with Crippen LogP contribution in [0.2, 0.25) is 0 Å². The van der Waals surface area contributed by atoms with Crippen LogP contribution in [0.1, 0.15) is 57.8 Å². The van der Waals surface area contributed by atoms with Crippen LogP contribution in [0.3, 0.4) is 0 Å². The summed E-state index contributed by atoms with van der Waals surface area (Å²) in [7, 11) is 0.